The molecular formula is C12H6ClF2NO4. The number of carboxylic acids is 1. The van der Waals surface area contributed by atoms with Gasteiger partial charge in [-0.05, 0) is 6.07 Å². The Morgan fingerprint density at radius 1 is 1.25 bits per heavy atom. The van der Waals surface area contributed by atoms with Gasteiger partial charge in [0.1, 0.15) is 12.1 Å². The highest BCUT2D eigenvalue weighted by Gasteiger charge is 2.18. The van der Waals surface area contributed by atoms with Crippen molar-refractivity contribution in [1.82, 2.24) is 0 Å². The summed E-state index contributed by atoms with van der Waals surface area (Å²) >= 11 is 5.60. The molecular weight excluding hydrogens is 296 g/mol. The Bertz CT molecular complexity index is 676. The predicted octanol–water partition coefficient (Wildman–Crippen LogP) is 3.16. The highest BCUT2D eigenvalue weighted by Crippen LogP contribution is 2.27. The summed E-state index contributed by atoms with van der Waals surface area (Å²) in [5.74, 6) is -4.49. The van der Waals surface area contributed by atoms with Gasteiger partial charge in [-0.1, -0.05) is 11.6 Å². The standard InChI is InChI=1S/C12H6ClF2NO4/c13-7-2-6(14)3-8(15)10(7)16-11(17)9-1-5(4-20-9)12(18)19/h1-4H,(H,16,17)(H,18,19). The third-order valence-corrected chi connectivity index (χ3v) is 2.61. The largest absolute Gasteiger partial charge is 0.478 e. The molecule has 104 valence electrons. The second-order valence-electron chi connectivity index (χ2n) is 3.70. The average molecular weight is 302 g/mol. The zero-order chi connectivity index (χ0) is 14.9. The molecule has 0 bridgehead atoms. The van der Waals surface area contributed by atoms with Crippen LogP contribution < -0.4 is 5.32 Å². The molecule has 1 amide bonds. The average Bonchev–Trinajstić information content (AvgIpc) is 2.83. The van der Waals surface area contributed by atoms with Gasteiger partial charge in [0.2, 0.25) is 0 Å². The van der Waals surface area contributed by atoms with Crippen molar-refractivity contribution in [2.45, 2.75) is 0 Å². The fourth-order valence-corrected chi connectivity index (χ4v) is 1.65. The lowest BCUT2D eigenvalue weighted by Crippen LogP contribution is -2.13. The summed E-state index contributed by atoms with van der Waals surface area (Å²) in [4.78, 5) is 22.3. The first-order valence-electron chi connectivity index (χ1n) is 5.16. The molecule has 5 nitrogen and oxygen atoms in total. The van der Waals surface area contributed by atoms with E-state index in [1.54, 1.807) is 0 Å². The maximum atomic E-state index is 13.5. The number of furan rings is 1. The van der Waals surface area contributed by atoms with Crippen LogP contribution in [0.25, 0.3) is 0 Å². The van der Waals surface area contributed by atoms with E-state index < -0.39 is 29.2 Å². The number of rotatable bonds is 3. The Kier molecular flexibility index (Phi) is 3.71. The molecule has 0 radical (unpaired) electrons. The van der Waals surface area contributed by atoms with Crippen molar-refractivity contribution in [1.29, 1.82) is 0 Å². The van der Waals surface area contributed by atoms with E-state index >= 15 is 0 Å². The molecule has 1 aromatic heterocycles. The number of amides is 1. The number of anilines is 1. The first kappa shape index (κ1) is 14.0. The highest BCUT2D eigenvalue weighted by atomic mass is 35.5. The smallest absolute Gasteiger partial charge is 0.338 e. The normalized spacial score (nSPS) is 10.3. The summed E-state index contributed by atoms with van der Waals surface area (Å²) in [7, 11) is 0. The summed E-state index contributed by atoms with van der Waals surface area (Å²) in [5.41, 5.74) is -0.660. The molecule has 0 aliphatic carbocycles. The quantitative estimate of drug-likeness (QED) is 0.912. The van der Waals surface area contributed by atoms with E-state index in [0.29, 0.717) is 6.07 Å². The first-order chi connectivity index (χ1) is 9.38. The van der Waals surface area contributed by atoms with Gasteiger partial charge in [-0.15, -0.1) is 0 Å². The maximum Gasteiger partial charge on any atom is 0.338 e. The Morgan fingerprint density at radius 2 is 1.95 bits per heavy atom. The Hall–Kier alpha value is -2.41. The minimum absolute atomic E-state index is 0.235. The molecule has 2 rings (SSSR count). The van der Waals surface area contributed by atoms with Crippen LogP contribution in [0.4, 0.5) is 14.5 Å². The zero-order valence-electron chi connectivity index (χ0n) is 9.62. The molecule has 1 heterocycles. The lowest BCUT2D eigenvalue weighted by atomic mass is 10.2. The molecule has 0 spiro atoms. The minimum atomic E-state index is -1.28. The summed E-state index contributed by atoms with van der Waals surface area (Å²) in [5, 5.41) is 10.4. The van der Waals surface area contributed by atoms with E-state index in [0.717, 1.165) is 18.4 Å². The summed E-state index contributed by atoms with van der Waals surface area (Å²) in [6, 6.07) is 2.34. The number of hydrogen-bond acceptors (Lipinski definition) is 3. The van der Waals surface area contributed by atoms with Crippen molar-refractivity contribution < 1.29 is 27.9 Å². The lowest BCUT2D eigenvalue weighted by Gasteiger charge is -2.07. The van der Waals surface area contributed by atoms with Crippen LogP contribution in [0.15, 0.2) is 28.9 Å². The van der Waals surface area contributed by atoms with Gasteiger partial charge < -0.3 is 14.8 Å². The van der Waals surface area contributed by atoms with Crippen LogP contribution in [-0.4, -0.2) is 17.0 Å². The summed E-state index contributed by atoms with van der Waals surface area (Å²) < 4.78 is 31.0. The second kappa shape index (κ2) is 5.30. The third kappa shape index (κ3) is 2.77. The third-order valence-electron chi connectivity index (χ3n) is 2.32. The van der Waals surface area contributed by atoms with E-state index in [9.17, 15) is 18.4 Å². The molecule has 2 N–H and O–H groups in total. The van der Waals surface area contributed by atoms with Gasteiger partial charge in [-0.3, -0.25) is 4.79 Å². The number of halogens is 3. The number of carbonyl (C=O) groups is 2. The number of carboxylic acid groups (broad SMARTS) is 1. The zero-order valence-corrected chi connectivity index (χ0v) is 10.4. The van der Waals surface area contributed by atoms with Gasteiger partial charge in [-0.25, -0.2) is 13.6 Å². The molecule has 2 aromatic rings. The van der Waals surface area contributed by atoms with Gasteiger partial charge in [0.15, 0.2) is 11.6 Å². The van der Waals surface area contributed by atoms with Crippen molar-refractivity contribution in [3.8, 4) is 0 Å². The van der Waals surface area contributed by atoms with Crippen molar-refractivity contribution >= 4 is 29.2 Å². The van der Waals surface area contributed by atoms with E-state index in [4.69, 9.17) is 21.1 Å². The number of aromatic carboxylic acids is 1. The molecule has 0 fully saturated rings. The Morgan fingerprint density at radius 3 is 2.50 bits per heavy atom. The molecule has 0 atom stereocenters. The van der Waals surface area contributed by atoms with Crippen molar-refractivity contribution in [3.63, 3.8) is 0 Å². The first-order valence-corrected chi connectivity index (χ1v) is 5.54. The van der Waals surface area contributed by atoms with Crippen LogP contribution >= 0.6 is 11.6 Å². The highest BCUT2D eigenvalue weighted by molar-refractivity contribution is 6.33. The maximum absolute atomic E-state index is 13.5. The van der Waals surface area contributed by atoms with Gasteiger partial charge in [-0.2, -0.15) is 0 Å². The monoisotopic (exact) mass is 301 g/mol. The summed E-state index contributed by atoms with van der Waals surface area (Å²) in [6.45, 7) is 0. The number of hydrogen-bond donors (Lipinski definition) is 2. The Labute approximate surface area is 115 Å². The van der Waals surface area contributed by atoms with Gasteiger partial charge in [0.25, 0.3) is 5.91 Å². The van der Waals surface area contributed by atoms with Crippen molar-refractivity contribution in [2.75, 3.05) is 5.32 Å². The molecule has 8 heteroatoms. The van der Waals surface area contributed by atoms with Crippen LogP contribution in [0.5, 0.6) is 0 Å². The van der Waals surface area contributed by atoms with E-state index in [-0.39, 0.29) is 16.3 Å². The number of nitrogens with one attached hydrogen (secondary N) is 1. The van der Waals surface area contributed by atoms with Crippen molar-refractivity contribution in [3.05, 3.63) is 52.4 Å². The van der Waals surface area contributed by atoms with Crippen LogP contribution in [0, 0.1) is 11.6 Å². The number of carbonyl (C=O) groups excluding carboxylic acids is 1. The van der Waals surface area contributed by atoms with Gasteiger partial charge >= 0.3 is 5.97 Å². The van der Waals surface area contributed by atoms with Crippen LogP contribution in [0.3, 0.4) is 0 Å². The van der Waals surface area contributed by atoms with E-state index in [1.807, 2.05) is 0 Å². The van der Waals surface area contributed by atoms with Gasteiger partial charge in [0, 0.05) is 12.1 Å². The van der Waals surface area contributed by atoms with E-state index in [1.165, 1.54) is 0 Å². The molecule has 1 aromatic carbocycles. The molecule has 20 heavy (non-hydrogen) atoms. The fourth-order valence-electron chi connectivity index (χ4n) is 1.40. The predicted molar refractivity (Wildman–Crippen MR) is 65.0 cm³/mol. The molecule has 0 unspecified atom stereocenters. The molecule has 0 aliphatic rings. The molecule has 0 saturated carbocycles. The SMILES string of the molecule is O=C(O)c1coc(C(=O)Nc2c(F)cc(F)cc2Cl)c1. The van der Waals surface area contributed by atoms with Crippen LogP contribution in [-0.2, 0) is 0 Å². The summed E-state index contributed by atoms with van der Waals surface area (Å²) in [6.07, 6.45) is 0.861. The topological polar surface area (TPSA) is 79.5 Å². The van der Waals surface area contributed by atoms with Crippen LogP contribution in [0.2, 0.25) is 5.02 Å². The fraction of sp³-hybridized carbons (Fsp3) is 0. The van der Waals surface area contributed by atoms with Crippen molar-refractivity contribution in [2.24, 2.45) is 0 Å². The molecule has 0 aliphatic heterocycles. The minimum Gasteiger partial charge on any atom is -0.478 e. The Balaban J connectivity index is 2.25. The number of benzene rings is 1. The molecule has 0 saturated heterocycles. The van der Waals surface area contributed by atoms with Gasteiger partial charge in [0.05, 0.1) is 16.3 Å². The second-order valence-corrected chi connectivity index (χ2v) is 4.11. The van der Waals surface area contributed by atoms with Crippen LogP contribution in [0.1, 0.15) is 20.9 Å². The lowest BCUT2D eigenvalue weighted by molar-refractivity contribution is 0.0696. The van der Waals surface area contributed by atoms with E-state index in [2.05, 4.69) is 5.32 Å².